The molecule has 1 aliphatic rings. The number of hydrogen-bond acceptors (Lipinski definition) is 3. The lowest BCUT2D eigenvalue weighted by atomic mass is 10.1. The molecule has 2 amide bonds. The third-order valence-electron chi connectivity index (χ3n) is 4.33. The molecule has 0 saturated carbocycles. The number of nitrogens with zero attached hydrogens (tertiary/aromatic N) is 2. The quantitative estimate of drug-likeness (QED) is 0.894. The second-order valence-corrected chi connectivity index (χ2v) is 6.56. The third-order valence-corrected chi connectivity index (χ3v) is 4.59. The number of nitrogens with one attached hydrogen (secondary N) is 1. The molecular formula is C19H20ClN3O2. The monoisotopic (exact) mass is 357 g/mol. The van der Waals surface area contributed by atoms with E-state index in [1.807, 2.05) is 24.3 Å². The van der Waals surface area contributed by atoms with Crippen molar-refractivity contribution in [3.05, 3.63) is 64.9 Å². The number of carbonyl (C=O) groups is 2. The second-order valence-electron chi connectivity index (χ2n) is 6.13. The number of amides is 2. The maximum atomic E-state index is 12.5. The van der Waals surface area contributed by atoms with Crippen LogP contribution in [0.3, 0.4) is 0 Å². The molecular weight excluding hydrogens is 338 g/mol. The molecule has 3 rings (SSSR count). The Balaban J connectivity index is 1.57. The molecule has 130 valence electrons. The van der Waals surface area contributed by atoms with Crippen LogP contribution in [0.2, 0.25) is 5.02 Å². The van der Waals surface area contributed by atoms with Crippen LogP contribution >= 0.6 is 11.6 Å². The standard InChI is InChI=1S/C19H20ClN3O2/c20-16-7-5-14(6-8-16)13-22-19(25)17-4-2-10-23(17)18(24)11-15-3-1-9-21-12-15/h1,3,5-9,12,17H,2,4,10-11,13H2,(H,22,25)/t17-/m0/s1. The summed E-state index contributed by atoms with van der Waals surface area (Å²) in [7, 11) is 0. The van der Waals surface area contributed by atoms with Crippen molar-refractivity contribution in [2.45, 2.75) is 31.8 Å². The van der Waals surface area contributed by atoms with Gasteiger partial charge in [0.05, 0.1) is 6.42 Å². The number of rotatable bonds is 5. The van der Waals surface area contributed by atoms with E-state index in [9.17, 15) is 9.59 Å². The number of benzene rings is 1. The highest BCUT2D eigenvalue weighted by atomic mass is 35.5. The fourth-order valence-electron chi connectivity index (χ4n) is 3.03. The van der Waals surface area contributed by atoms with Gasteiger partial charge < -0.3 is 10.2 Å². The fourth-order valence-corrected chi connectivity index (χ4v) is 3.15. The molecule has 2 aromatic rings. The minimum absolute atomic E-state index is 0.0304. The van der Waals surface area contributed by atoms with Gasteiger partial charge in [0, 0.05) is 30.5 Å². The SMILES string of the molecule is O=C(NCc1ccc(Cl)cc1)[C@@H]1CCCN1C(=O)Cc1cccnc1. The van der Waals surface area contributed by atoms with E-state index in [2.05, 4.69) is 10.3 Å². The molecule has 5 nitrogen and oxygen atoms in total. The lowest BCUT2D eigenvalue weighted by Crippen LogP contribution is -2.46. The van der Waals surface area contributed by atoms with Crippen LogP contribution in [0.4, 0.5) is 0 Å². The van der Waals surface area contributed by atoms with Crippen LogP contribution in [-0.2, 0) is 22.6 Å². The van der Waals surface area contributed by atoms with Crippen molar-refractivity contribution in [2.24, 2.45) is 0 Å². The van der Waals surface area contributed by atoms with Gasteiger partial charge >= 0.3 is 0 Å². The second kappa shape index (κ2) is 8.12. The van der Waals surface area contributed by atoms with Gasteiger partial charge in [-0.2, -0.15) is 0 Å². The van der Waals surface area contributed by atoms with Crippen molar-refractivity contribution in [1.29, 1.82) is 0 Å². The highest BCUT2D eigenvalue weighted by Crippen LogP contribution is 2.19. The van der Waals surface area contributed by atoms with Crippen LogP contribution in [0.15, 0.2) is 48.8 Å². The van der Waals surface area contributed by atoms with Crippen LogP contribution in [0, 0.1) is 0 Å². The Morgan fingerprint density at radius 3 is 2.72 bits per heavy atom. The zero-order valence-corrected chi connectivity index (χ0v) is 14.6. The Hall–Kier alpha value is -2.40. The summed E-state index contributed by atoms with van der Waals surface area (Å²) in [6, 6.07) is 10.6. The van der Waals surface area contributed by atoms with E-state index in [-0.39, 0.29) is 18.2 Å². The molecule has 0 spiro atoms. The summed E-state index contributed by atoms with van der Waals surface area (Å²) in [6.45, 7) is 1.05. The molecule has 1 aromatic heterocycles. The van der Waals surface area contributed by atoms with Gasteiger partial charge in [-0.1, -0.05) is 29.8 Å². The summed E-state index contributed by atoms with van der Waals surface area (Å²) >= 11 is 5.86. The molecule has 1 atom stereocenters. The van der Waals surface area contributed by atoms with Gasteiger partial charge in [-0.05, 0) is 42.2 Å². The van der Waals surface area contributed by atoms with Gasteiger partial charge in [0.2, 0.25) is 11.8 Å². The van der Waals surface area contributed by atoms with Crippen molar-refractivity contribution in [3.8, 4) is 0 Å². The first-order valence-corrected chi connectivity index (χ1v) is 8.72. The van der Waals surface area contributed by atoms with E-state index in [0.717, 1.165) is 17.5 Å². The van der Waals surface area contributed by atoms with E-state index in [1.165, 1.54) is 0 Å². The fraction of sp³-hybridized carbons (Fsp3) is 0.316. The first kappa shape index (κ1) is 17.4. The molecule has 1 aliphatic heterocycles. The predicted molar refractivity (Wildman–Crippen MR) is 96.0 cm³/mol. The lowest BCUT2D eigenvalue weighted by molar-refractivity contribution is -0.138. The minimum atomic E-state index is -0.392. The van der Waals surface area contributed by atoms with Crippen LogP contribution in [0.5, 0.6) is 0 Å². The number of pyridine rings is 1. The zero-order chi connectivity index (χ0) is 17.6. The molecule has 2 heterocycles. The first-order chi connectivity index (χ1) is 12.1. The highest BCUT2D eigenvalue weighted by Gasteiger charge is 2.33. The largest absolute Gasteiger partial charge is 0.350 e. The molecule has 0 aliphatic carbocycles. The number of hydrogen-bond donors (Lipinski definition) is 1. The van der Waals surface area contributed by atoms with Gasteiger partial charge in [0.1, 0.15) is 6.04 Å². The molecule has 0 radical (unpaired) electrons. The topological polar surface area (TPSA) is 62.3 Å². The highest BCUT2D eigenvalue weighted by molar-refractivity contribution is 6.30. The van der Waals surface area contributed by atoms with Gasteiger partial charge in [-0.3, -0.25) is 14.6 Å². The minimum Gasteiger partial charge on any atom is -0.350 e. The van der Waals surface area contributed by atoms with E-state index in [1.54, 1.807) is 29.4 Å². The third kappa shape index (κ3) is 4.57. The lowest BCUT2D eigenvalue weighted by Gasteiger charge is -2.24. The Bertz CT molecular complexity index is 734. The molecule has 1 aromatic carbocycles. The summed E-state index contributed by atoms with van der Waals surface area (Å²) < 4.78 is 0. The van der Waals surface area contributed by atoms with Gasteiger partial charge in [0.25, 0.3) is 0 Å². The van der Waals surface area contributed by atoms with Gasteiger partial charge in [-0.25, -0.2) is 0 Å². The van der Waals surface area contributed by atoms with Crippen LogP contribution < -0.4 is 5.32 Å². The average molecular weight is 358 g/mol. The summed E-state index contributed by atoms with van der Waals surface area (Å²) in [5.41, 5.74) is 1.84. The van der Waals surface area contributed by atoms with Crippen molar-refractivity contribution in [1.82, 2.24) is 15.2 Å². The first-order valence-electron chi connectivity index (χ1n) is 8.34. The number of likely N-dealkylation sites (tertiary alicyclic amines) is 1. The van der Waals surface area contributed by atoms with Crippen molar-refractivity contribution >= 4 is 23.4 Å². The molecule has 1 N–H and O–H groups in total. The molecule has 1 fully saturated rings. The molecule has 0 unspecified atom stereocenters. The summed E-state index contributed by atoms with van der Waals surface area (Å²) in [5.74, 6) is -0.135. The maximum absolute atomic E-state index is 12.5. The number of aromatic nitrogens is 1. The average Bonchev–Trinajstić information content (AvgIpc) is 3.12. The van der Waals surface area contributed by atoms with Gasteiger partial charge in [-0.15, -0.1) is 0 Å². The van der Waals surface area contributed by atoms with E-state index >= 15 is 0 Å². The predicted octanol–water partition coefficient (Wildman–Crippen LogP) is 2.58. The van der Waals surface area contributed by atoms with E-state index in [0.29, 0.717) is 24.5 Å². The Labute approximate surface area is 152 Å². The van der Waals surface area contributed by atoms with Crippen molar-refractivity contribution < 1.29 is 9.59 Å². The van der Waals surface area contributed by atoms with Crippen molar-refractivity contribution in [3.63, 3.8) is 0 Å². The van der Waals surface area contributed by atoms with E-state index in [4.69, 9.17) is 11.6 Å². The van der Waals surface area contributed by atoms with E-state index < -0.39 is 6.04 Å². The normalized spacial score (nSPS) is 16.7. The molecule has 0 bridgehead atoms. The van der Waals surface area contributed by atoms with Crippen molar-refractivity contribution in [2.75, 3.05) is 6.54 Å². The summed E-state index contributed by atoms with van der Waals surface area (Å²) in [6.07, 6.45) is 5.18. The van der Waals surface area contributed by atoms with Gasteiger partial charge in [0.15, 0.2) is 0 Å². The maximum Gasteiger partial charge on any atom is 0.243 e. The smallest absolute Gasteiger partial charge is 0.243 e. The molecule has 1 saturated heterocycles. The van der Waals surface area contributed by atoms with Crippen LogP contribution in [0.25, 0.3) is 0 Å². The summed E-state index contributed by atoms with van der Waals surface area (Å²) in [5, 5.41) is 3.59. The number of halogens is 1. The Morgan fingerprint density at radius 1 is 1.20 bits per heavy atom. The summed E-state index contributed by atoms with van der Waals surface area (Å²) in [4.78, 5) is 30.8. The molecule has 6 heteroatoms. The molecule has 25 heavy (non-hydrogen) atoms. The van der Waals surface area contributed by atoms with Crippen LogP contribution in [-0.4, -0.2) is 34.3 Å². The van der Waals surface area contributed by atoms with Crippen LogP contribution in [0.1, 0.15) is 24.0 Å². The zero-order valence-electron chi connectivity index (χ0n) is 13.8. The Morgan fingerprint density at radius 2 is 2.00 bits per heavy atom. The Kier molecular flexibility index (Phi) is 5.66. The number of carbonyl (C=O) groups excluding carboxylic acids is 2.